The van der Waals surface area contributed by atoms with E-state index in [2.05, 4.69) is 15.0 Å². The van der Waals surface area contributed by atoms with Crippen molar-refractivity contribution in [2.75, 3.05) is 0 Å². The minimum absolute atomic E-state index is 0.385. The van der Waals surface area contributed by atoms with E-state index in [-0.39, 0.29) is 5.56 Å². The summed E-state index contributed by atoms with van der Waals surface area (Å²) in [5, 5.41) is 1.33. The fraction of sp³-hybridized carbons (Fsp3) is 0. The van der Waals surface area contributed by atoms with Gasteiger partial charge >= 0.3 is 5.69 Å². The molecule has 0 spiro atoms. The number of aromatic nitrogens is 3. The van der Waals surface area contributed by atoms with Crippen molar-refractivity contribution < 1.29 is 0 Å². The van der Waals surface area contributed by atoms with Crippen LogP contribution in [0.3, 0.4) is 0 Å². The van der Waals surface area contributed by atoms with Gasteiger partial charge in [-0.05, 0) is 18.2 Å². The van der Waals surface area contributed by atoms with Crippen LogP contribution in [0.15, 0.2) is 40.1 Å². The largest absolute Gasteiger partial charge is 0.326 e. The molecule has 0 amide bonds. The van der Waals surface area contributed by atoms with Gasteiger partial charge in [0, 0.05) is 11.6 Å². The van der Waals surface area contributed by atoms with Crippen molar-refractivity contribution in [2.24, 2.45) is 0 Å². The summed E-state index contributed by atoms with van der Waals surface area (Å²) in [6, 6.07) is 7.08. The number of hydrogen-bond donors (Lipinski definition) is 2. The van der Waals surface area contributed by atoms with Gasteiger partial charge in [0.15, 0.2) is 0 Å². The number of aromatic amines is 2. The van der Waals surface area contributed by atoms with Crippen LogP contribution in [0, 0.1) is 0 Å². The zero-order chi connectivity index (χ0) is 11.1. The molecule has 2 aromatic heterocycles. The third-order valence-electron chi connectivity index (χ3n) is 2.46. The predicted octanol–water partition coefficient (Wildman–Crippen LogP) is 0.765. The molecule has 0 aliphatic rings. The lowest BCUT2D eigenvalue weighted by molar-refractivity contribution is 1.08. The lowest BCUT2D eigenvalue weighted by atomic mass is 10.1. The standard InChI is InChI=1S/C11H7N3O2/c15-10-7-4-6-2-1-3-12-8(6)5-9(7)13-11(16)14-10/h1-5H,(H2,13,14,15,16). The highest BCUT2D eigenvalue weighted by Gasteiger charge is 2.02. The summed E-state index contributed by atoms with van der Waals surface area (Å²) in [5.74, 6) is 0. The molecule has 2 N–H and O–H groups in total. The second-order valence-corrected chi connectivity index (χ2v) is 3.50. The molecule has 5 heteroatoms. The van der Waals surface area contributed by atoms with Crippen molar-refractivity contribution in [3.8, 4) is 0 Å². The number of benzene rings is 1. The monoisotopic (exact) mass is 213 g/mol. The van der Waals surface area contributed by atoms with Crippen molar-refractivity contribution in [3.63, 3.8) is 0 Å². The average molecular weight is 213 g/mol. The Bertz CT molecular complexity index is 801. The molecule has 16 heavy (non-hydrogen) atoms. The number of H-pyrrole nitrogens is 2. The van der Waals surface area contributed by atoms with Crippen molar-refractivity contribution in [3.05, 3.63) is 51.3 Å². The third kappa shape index (κ3) is 1.22. The second kappa shape index (κ2) is 3.03. The van der Waals surface area contributed by atoms with Crippen molar-refractivity contribution in [1.29, 1.82) is 0 Å². The molecule has 2 heterocycles. The first kappa shape index (κ1) is 8.84. The molecular formula is C11H7N3O2. The number of fused-ring (bicyclic) bond motifs is 2. The Balaban J connectivity index is 2.61. The van der Waals surface area contributed by atoms with Gasteiger partial charge in [-0.15, -0.1) is 0 Å². The molecule has 3 aromatic rings. The van der Waals surface area contributed by atoms with Gasteiger partial charge in [-0.2, -0.15) is 0 Å². The van der Waals surface area contributed by atoms with E-state index in [0.29, 0.717) is 10.9 Å². The SMILES string of the molecule is O=c1[nH]c(=O)c2cc3cccnc3cc2[nH]1. The zero-order valence-corrected chi connectivity index (χ0v) is 8.15. The third-order valence-corrected chi connectivity index (χ3v) is 2.46. The fourth-order valence-corrected chi connectivity index (χ4v) is 1.74. The van der Waals surface area contributed by atoms with Gasteiger partial charge < -0.3 is 4.98 Å². The lowest BCUT2D eigenvalue weighted by Crippen LogP contribution is -2.21. The first-order valence-corrected chi connectivity index (χ1v) is 4.75. The molecule has 0 unspecified atom stereocenters. The Morgan fingerprint density at radius 1 is 1.12 bits per heavy atom. The summed E-state index contributed by atoms with van der Waals surface area (Å²) < 4.78 is 0. The zero-order valence-electron chi connectivity index (χ0n) is 8.15. The molecule has 78 valence electrons. The topological polar surface area (TPSA) is 78.6 Å². The molecule has 0 fully saturated rings. The van der Waals surface area contributed by atoms with Gasteiger partial charge in [0.2, 0.25) is 0 Å². The highest BCUT2D eigenvalue weighted by molar-refractivity contribution is 5.93. The van der Waals surface area contributed by atoms with Crippen LogP contribution in [0.25, 0.3) is 21.8 Å². The highest BCUT2D eigenvalue weighted by atomic mass is 16.2. The van der Waals surface area contributed by atoms with Gasteiger partial charge in [-0.3, -0.25) is 14.8 Å². The summed E-state index contributed by atoms with van der Waals surface area (Å²) in [5.41, 5.74) is 0.355. The first-order valence-electron chi connectivity index (χ1n) is 4.75. The van der Waals surface area contributed by atoms with Crippen LogP contribution in [-0.2, 0) is 0 Å². The molecule has 0 aliphatic heterocycles. The lowest BCUT2D eigenvalue weighted by Gasteiger charge is -1.99. The molecule has 0 saturated heterocycles. The van der Waals surface area contributed by atoms with Gasteiger partial charge in [-0.25, -0.2) is 4.79 Å². The summed E-state index contributed by atoms with van der Waals surface area (Å²) in [6.07, 6.45) is 1.67. The van der Waals surface area contributed by atoms with Crippen molar-refractivity contribution in [2.45, 2.75) is 0 Å². The molecule has 0 bridgehead atoms. The maximum absolute atomic E-state index is 11.5. The Labute approximate surface area is 88.8 Å². The number of nitrogens with one attached hydrogen (secondary N) is 2. The number of pyridine rings is 1. The number of nitrogens with zero attached hydrogens (tertiary/aromatic N) is 1. The van der Waals surface area contributed by atoms with E-state index in [1.165, 1.54) is 0 Å². The molecule has 1 aromatic carbocycles. The van der Waals surface area contributed by atoms with Crippen LogP contribution >= 0.6 is 0 Å². The molecule has 0 radical (unpaired) electrons. The Kier molecular flexibility index (Phi) is 1.67. The quantitative estimate of drug-likeness (QED) is 0.541. The summed E-state index contributed by atoms with van der Waals surface area (Å²) in [6.45, 7) is 0. The summed E-state index contributed by atoms with van der Waals surface area (Å²) >= 11 is 0. The van der Waals surface area contributed by atoms with Crippen LogP contribution in [0.1, 0.15) is 0 Å². The van der Waals surface area contributed by atoms with E-state index < -0.39 is 5.69 Å². The van der Waals surface area contributed by atoms with E-state index in [1.54, 1.807) is 24.4 Å². The number of hydrogen-bond acceptors (Lipinski definition) is 3. The Morgan fingerprint density at radius 3 is 2.88 bits per heavy atom. The molecule has 0 atom stereocenters. The Hall–Kier alpha value is -2.43. The van der Waals surface area contributed by atoms with Gasteiger partial charge in [0.1, 0.15) is 0 Å². The van der Waals surface area contributed by atoms with E-state index in [0.717, 1.165) is 10.9 Å². The van der Waals surface area contributed by atoms with Crippen molar-refractivity contribution in [1.82, 2.24) is 15.0 Å². The van der Waals surface area contributed by atoms with Crippen LogP contribution in [0.4, 0.5) is 0 Å². The molecule has 3 rings (SSSR count). The van der Waals surface area contributed by atoms with E-state index in [4.69, 9.17) is 0 Å². The smallest absolute Gasteiger partial charge is 0.307 e. The minimum Gasteiger partial charge on any atom is -0.307 e. The second-order valence-electron chi connectivity index (χ2n) is 3.50. The normalized spacial score (nSPS) is 11.0. The van der Waals surface area contributed by atoms with Crippen LogP contribution in [0.5, 0.6) is 0 Å². The highest BCUT2D eigenvalue weighted by Crippen LogP contribution is 2.15. The van der Waals surface area contributed by atoms with Gasteiger partial charge in [0.05, 0.1) is 16.4 Å². The molecule has 0 saturated carbocycles. The molecule has 5 nitrogen and oxygen atoms in total. The maximum atomic E-state index is 11.5. The van der Waals surface area contributed by atoms with Crippen LogP contribution in [-0.4, -0.2) is 15.0 Å². The van der Waals surface area contributed by atoms with E-state index >= 15 is 0 Å². The van der Waals surface area contributed by atoms with E-state index in [1.807, 2.05) is 6.07 Å². The summed E-state index contributed by atoms with van der Waals surface area (Å²) in [7, 11) is 0. The molecular weight excluding hydrogens is 206 g/mol. The maximum Gasteiger partial charge on any atom is 0.326 e. The molecule has 0 aliphatic carbocycles. The summed E-state index contributed by atoms with van der Waals surface area (Å²) in [4.78, 5) is 31.6. The fourth-order valence-electron chi connectivity index (χ4n) is 1.74. The average Bonchev–Trinajstić information content (AvgIpc) is 2.27. The first-order chi connectivity index (χ1) is 7.74. The number of rotatable bonds is 0. The minimum atomic E-state index is -0.507. The van der Waals surface area contributed by atoms with Gasteiger partial charge in [0.25, 0.3) is 5.56 Å². The van der Waals surface area contributed by atoms with Crippen LogP contribution < -0.4 is 11.2 Å². The van der Waals surface area contributed by atoms with Crippen molar-refractivity contribution >= 4 is 21.8 Å². The van der Waals surface area contributed by atoms with Gasteiger partial charge in [-0.1, -0.05) is 6.07 Å². The predicted molar refractivity (Wildman–Crippen MR) is 60.5 cm³/mol. The Morgan fingerprint density at radius 2 is 2.00 bits per heavy atom. The van der Waals surface area contributed by atoms with E-state index in [9.17, 15) is 9.59 Å². The van der Waals surface area contributed by atoms with Crippen LogP contribution in [0.2, 0.25) is 0 Å².